The highest BCUT2D eigenvalue weighted by atomic mass is 19.1. The molecule has 0 unspecified atom stereocenters. The molecule has 0 amide bonds. The molecule has 0 aliphatic carbocycles. The van der Waals surface area contributed by atoms with E-state index >= 15 is 0 Å². The number of rotatable bonds is 1. The smallest absolute Gasteiger partial charge is 0.127 e. The molecule has 0 aliphatic rings. The normalized spacial score (nSPS) is 11.8. The van der Waals surface area contributed by atoms with Gasteiger partial charge in [0.1, 0.15) is 5.82 Å². The van der Waals surface area contributed by atoms with E-state index < -0.39 is 0 Å². The van der Waals surface area contributed by atoms with Crippen molar-refractivity contribution < 1.29 is 4.39 Å². The molecule has 0 atom stereocenters. The Morgan fingerprint density at radius 1 is 0.810 bits per heavy atom. The van der Waals surface area contributed by atoms with Crippen LogP contribution in [0.3, 0.4) is 0 Å². The summed E-state index contributed by atoms with van der Waals surface area (Å²) in [5, 5.41) is 2.33. The van der Waals surface area contributed by atoms with E-state index in [4.69, 9.17) is 0 Å². The van der Waals surface area contributed by atoms with Gasteiger partial charge in [0.05, 0.1) is 0 Å². The Labute approximate surface area is 125 Å². The van der Waals surface area contributed by atoms with Crippen molar-refractivity contribution in [2.75, 3.05) is 0 Å². The summed E-state index contributed by atoms with van der Waals surface area (Å²) in [4.78, 5) is 0. The first-order valence-corrected chi connectivity index (χ1v) is 7.25. The second-order valence-electron chi connectivity index (χ2n) is 6.47. The van der Waals surface area contributed by atoms with E-state index in [0.717, 1.165) is 22.1 Å². The van der Waals surface area contributed by atoms with Crippen LogP contribution in [0, 0.1) is 5.82 Å². The van der Waals surface area contributed by atoms with E-state index in [2.05, 4.69) is 18.2 Å². The van der Waals surface area contributed by atoms with Crippen LogP contribution in [0.4, 0.5) is 4.39 Å². The highest BCUT2D eigenvalue weighted by molar-refractivity contribution is 5.96. The summed E-state index contributed by atoms with van der Waals surface area (Å²) in [7, 11) is 0. The largest absolute Gasteiger partial charge is 0.207 e. The quantitative estimate of drug-likeness (QED) is 0.516. The summed E-state index contributed by atoms with van der Waals surface area (Å²) >= 11 is 0. The van der Waals surface area contributed by atoms with E-state index in [9.17, 15) is 4.39 Å². The number of fused-ring (bicyclic) bond motifs is 1. The first kappa shape index (κ1) is 13.8. The molecular formula is C20H19F. The topological polar surface area (TPSA) is 0 Å². The molecule has 3 aromatic carbocycles. The fraction of sp³-hybridized carbons (Fsp3) is 0.200. The fourth-order valence-corrected chi connectivity index (χ4v) is 2.77. The number of hydrogen-bond acceptors (Lipinski definition) is 0. The van der Waals surface area contributed by atoms with Crippen molar-refractivity contribution in [3.05, 3.63) is 72.0 Å². The lowest BCUT2D eigenvalue weighted by Gasteiger charge is -2.20. The lowest BCUT2D eigenvalue weighted by molar-refractivity contribution is 0.523. The van der Waals surface area contributed by atoms with Gasteiger partial charge in [-0.3, -0.25) is 0 Å². The minimum Gasteiger partial charge on any atom is -0.207 e. The van der Waals surface area contributed by atoms with Gasteiger partial charge in [0.2, 0.25) is 0 Å². The average Bonchev–Trinajstić information content (AvgIpc) is 2.45. The van der Waals surface area contributed by atoms with Gasteiger partial charge in [-0.1, -0.05) is 75.4 Å². The third-order valence-corrected chi connectivity index (χ3v) is 3.88. The van der Waals surface area contributed by atoms with Gasteiger partial charge >= 0.3 is 0 Å². The van der Waals surface area contributed by atoms with Crippen molar-refractivity contribution in [2.24, 2.45) is 0 Å². The Morgan fingerprint density at radius 3 is 2.24 bits per heavy atom. The standard InChI is InChI=1S/C20H19F/c1-20(2,3)18-12-11-15(13-19(18)21)17-10-6-8-14-7-4-5-9-16(14)17/h4-13H,1-3H3. The van der Waals surface area contributed by atoms with Crippen LogP contribution in [-0.2, 0) is 5.41 Å². The molecule has 0 nitrogen and oxygen atoms in total. The van der Waals surface area contributed by atoms with Crippen LogP contribution in [0.25, 0.3) is 21.9 Å². The van der Waals surface area contributed by atoms with E-state index in [0.29, 0.717) is 0 Å². The second-order valence-corrected chi connectivity index (χ2v) is 6.47. The summed E-state index contributed by atoms with van der Waals surface area (Å²) in [6.45, 7) is 6.09. The van der Waals surface area contributed by atoms with Gasteiger partial charge in [0.25, 0.3) is 0 Å². The Balaban J connectivity index is 2.18. The van der Waals surface area contributed by atoms with Gasteiger partial charge in [0, 0.05) is 0 Å². The molecule has 1 heteroatoms. The molecular weight excluding hydrogens is 259 g/mol. The molecule has 0 saturated heterocycles. The Kier molecular flexibility index (Phi) is 3.29. The van der Waals surface area contributed by atoms with E-state index in [1.807, 2.05) is 57.2 Å². The van der Waals surface area contributed by atoms with Gasteiger partial charge < -0.3 is 0 Å². The molecule has 0 radical (unpaired) electrons. The van der Waals surface area contributed by atoms with Crippen LogP contribution in [0.1, 0.15) is 26.3 Å². The Bertz CT molecular complexity index is 789. The SMILES string of the molecule is CC(C)(C)c1ccc(-c2cccc3ccccc23)cc1F. The maximum Gasteiger partial charge on any atom is 0.127 e. The van der Waals surface area contributed by atoms with Gasteiger partial charge in [-0.25, -0.2) is 4.39 Å². The molecule has 0 spiro atoms. The first-order valence-electron chi connectivity index (χ1n) is 7.25. The fourth-order valence-electron chi connectivity index (χ4n) is 2.77. The molecule has 0 fully saturated rings. The van der Waals surface area contributed by atoms with Crippen molar-refractivity contribution in [3.8, 4) is 11.1 Å². The first-order chi connectivity index (χ1) is 9.97. The maximum absolute atomic E-state index is 14.4. The second kappa shape index (κ2) is 5.00. The highest BCUT2D eigenvalue weighted by Crippen LogP contribution is 2.32. The molecule has 0 heterocycles. The van der Waals surface area contributed by atoms with Crippen LogP contribution >= 0.6 is 0 Å². The van der Waals surface area contributed by atoms with Crippen molar-refractivity contribution in [3.63, 3.8) is 0 Å². The molecule has 0 N–H and O–H groups in total. The third-order valence-electron chi connectivity index (χ3n) is 3.88. The lowest BCUT2D eigenvalue weighted by atomic mass is 9.85. The van der Waals surface area contributed by atoms with Crippen LogP contribution in [0.15, 0.2) is 60.7 Å². The summed E-state index contributed by atoms with van der Waals surface area (Å²) in [5.41, 5.74) is 2.58. The Morgan fingerprint density at radius 2 is 1.52 bits per heavy atom. The summed E-state index contributed by atoms with van der Waals surface area (Å²) < 4.78 is 14.4. The minimum absolute atomic E-state index is 0.132. The van der Waals surface area contributed by atoms with E-state index in [1.165, 1.54) is 5.39 Å². The molecule has 21 heavy (non-hydrogen) atoms. The molecule has 0 aromatic heterocycles. The van der Waals surface area contributed by atoms with Crippen LogP contribution < -0.4 is 0 Å². The van der Waals surface area contributed by atoms with Gasteiger partial charge in [-0.05, 0) is 38.9 Å². The molecule has 106 valence electrons. The van der Waals surface area contributed by atoms with E-state index in [1.54, 1.807) is 6.07 Å². The van der Waals surface area contributed by atoms with E-state index in [-0.39, 0.29) is 11.2 Å². The summed E-state index contributed by atoms with van der Waals surface area (Å²) in [6, 6.07) is 19.9. The molecule has 3 aromatic rings. The zero-order valence-electron chi connectivity index (χ0n) is 12.7. The van der Waals surface area contributed by atoms with Crippen LogP contribution in [-0.4, -0.2) is 0 Å². The molecule has 0 saturated carbocycles. The molecule has 0 aliphatic heterocycles. The summed E-state index contributed by atoms with van der Waals surface area (Å²) in [6.07, 6.45) is 0. The zero-order chi connectivity index (χ0) is 15.0. The maximum atomic E-state index is 14.4. The molecule has 3 rings (SSSR count). The van der Waals surface area contributed by atoms with Crippen molar-refractivity contribution >= 4 is 10.8 Å². The van der Waals surface area contributed by atoms with Crippen molar-refractivity contribution in [1.82, 2.24) is 0 Å². The average molecular weight is 278 g/mol. The lowest BCUT2D eigenvalue weighted by Crippen LogP contribution is -2.13. The van der Waals surface area contributed by atoms with Crippen molar-refractivity contribution in [1.29, 1.82) is 0 Å². The third kappa shape index (κ3) is 2.56. The predicted octanol–water partition coefficient (Wildman–Crippen LogP) is 5.94. The van der Waals surface area contributed by atoms with Crippen molar-refractivity contribution in [2.45, 2.75) is 26.2 Å². The zero-order valence-corrected chi connectivity index (χ0v) is 12.7. The minimum atomic E-state index is -0.179. The van der Waals surface area contributed by atoms with Gasteiger partial charge in [-0.15, -0.1) is 0 Å². The number of benzene rings is 3. The van der Waals surface area contributed by atoms with Gasteiger partial charge in [0.15, 0.2) is 0 Å². The molecule has 0 bridgehead atoms. The van der Waals surface area contributed by atoms with Gasteiger partial charge in [-0.2, -0.15) is 0 Å². The monoisotopic (exact) mass is 278 g/mol. The highest BCUT2D eigenvalue weighted by Gasteiger charge is 2.18. The number of hydrogen-bond donors (Lipinski definition) is 0. The Hall–Kier alpha value is -2.15. The number of halogens is 1. The van der Waals surface area contributed by atoms with Crippen LogP contribution in [0.5, 0.6) is 0 Å². The predicted molar refractivity (Wildman–Crippen MR) is 88.0 cm³/mol. The summed E-state index contributed by atoms with van der Waals surface area (Å²) in [5.74, 6) is -0.132. The van der Waals surface area contributed by atoms with Crippen LogP contribution in [0.2, 0.25) is 0 Å².